The van der Waals surface area contributed by atoms with Gasteiger partial charge in [0, 0.05) is 30.2 Å². The van der Waals surface area contributed by atoms with Gasteiger partial charge in [0.15, 0.2) is 5.82 Å². The smallest absolute Gasteiger partial charge is 0.240 e. The number of methoxy groups -OCH3 is 2. The monoisotopic (exact) mass is 432 g/mol. The van der Waals surface area contributed by atoms with E-state index in [0.717, 1.165) is 5.56 Å². The predicted octanol–water partition coefficient (Wildman–Crippen LogP) is 2.44. The number of anilines is 1. The summed E-state index contributed by atoms with van der Waals surface area (Å²) in [5.74, 6) is 1.37. The second kappa shape index (κ2) is 7.97. The van der Waals surface area contributed by atoms with Gasteiger partial charge in [0.1, 0.15) is 11.5 Å². The zero-order chi connectivity index (χ0) is 20.4. The molecule has 2 N–H and O–H groups in total. The highest BCUT2D eigenvalue weighted by atomic mass is 32.2. The molecule has 0 fully saturated rings. The zero-order valence-corrected chi connectivity index (χ0v) is 17.5. The molecule has 0 saturated carbocycles. The number of rotatable bonds is 3. The molecule has 0 spiro atoms. The van der Waals surface area contributed by atoms with Gasteiger partial charge in [-0.3, -0.25) is 0 Å². The molecule has 3 aromatic rings. The third kappa shape index (κ3) is 3.91. The molecule has 29 heavy (non-hydrogen) atoms. The van der Waals surface area contributed by atoms with Gasteiger partial charge in [-0.15, -0.1) is 0 Å². The summed E-state index contributed by atoms with van der Waals surface area (Å²) in [7, 11) is -0.510. The first-order valence-electron chi connectivity index (χ1n) is 8.91. The lowest BCUT2D eigenvalue weighted by Gasteiger charge is -2.20. The van der Waals surface area contributed by atoms with Crippen molar-refractivity contribution in [1.82, 2.24) is 14.1 Å². The Morgan fingerprint density at radius 1 is 1.10 bits per heavy atom. The van der Waals surface area contributed by atoms with Crippen LogP contribution < -0.4 is 19.5 Å². The van der Waals surface area contributed by atoms with E-state index in [2.05, 4.69) is 19.4 Å². The number of benzene rings is 2. The van der Waals surface area contributed by atoms with Gasteiger partial charge in [-0.25, -0.2) is 18.1 Å². The summed E-state index contributed by atoms with van der Waals surface area (Å²) in [4.78, 5) is 4.81. The van der Waals surface area contributed by atoms with E-state index in [-0.39, 0.29) is 11.4 Å². The highest BCUT2D eigenvalue weighted by molar-refractivity contribution is 7.89. The molecule has 4 rings (SSSR count). The van der Waals surface area contributed by atoms with E-state index < -0.39 is 15.9 Å². The quantitative estimate of drug-likeness (QED) is 0.655. The van der Waals surface area contributed by atoms with Crippen LogP contribution in [0.4, 0.5) is 5.13 Å². The van der Waals surface area contributed by atoms with Crippen molar-refractivity contribution in [2.75, 3.05) is 32.6 Å². The molecule has 10 heteroatoms. The zero-order valence-electron chi connectivity index (χ0n) is 15.9. The van der Waals surface area contributed by atoms with Crippen molar-refractivity contribution in [2.45, 2.75) is 10.8 Å². The Labute approximate surface area is 173 Å². The van der Waals surface area contributed by atoms with Crippen LogP contribution in [0, 0.1) is 0 Å². The van der Waals surface area contributed by atoms with Crippen molar-refractivity contribution in [3.63, 3.8) is 0 Å². The fourth-order valence-electron chi connectivity index (χ4n) is 3.26. The van der Waals surface area contributed by atoms with E-state index in [1.165, 1.54) is 17.6 Å². The molecule has 1 atom stereocenters. The second-order valence-electron chi connectivity index (χ2n) is 6.40. The Kier molecular flexibility index (Phi) is 5.39. The number of nitrogens with zero attached hydrogens (tertiary/aromatic N) is 2. The minimum absolute atomic E-state index is 0.164. The Morgan fingerprint density at radius 3 is 2.76 bits per heavy atom. The number of sulfonamides is 1. The summed E-state index contributed by atoms with van der Waals surface area (Å²) in [5, 5.41) is 3.74. The number of hydrogen-bond donors (Lipinski definition) is 2. The van der Waals surface area contributed by atoms with E-state index in [9.17, 15) is 8.42 Å². The lowest BCUT2D eigenvalue weighted by Crippen LogP contribution is -2.29. The predicted molar refractivity (Wildman–Crippen MR) is 111 cm³/mol. The Bertz CT molecular complexity index is 1130. The molecule has 0 radical (unpaired) electrons. The maximum Gasteiger partial charge on any atom is 0.240 e. The van der Waals surface area contributed by atoms with Crippen molar-refractivity contribution >= 4 is 26.7 Å². The van der Waals surface area contributed by atoms with Crippen LogP contribution in [0.1, 0.15) is 22.9 Å². The van der Waals surface area contributed by atoms with Crippen LogP contribution in [-0.4, -0.2) is 45.1 Å². The maximum absolute atomic E-state index is 12.7. The van der Waals surface area contributed by atoms with Crippen molar-refractivity contribution in [3.05, 3.63) is 59.4 Å². The summed E-state index contributed by atoms with van der Waals surface area (Å²) >= 11 is 1.24. The highest BCUT2D eigenvalue weighted by Crippen LogP contribution is 2.39. The minimum atomic E-state index is -3.66. The van der Waals surface area contributed by atoms with E-state index >= 15 is 0 Å². The molecule has 0 amide bonds. The molecule has 1 unspecified atom stereocenters. The van der Waals surface area contributed by atoms with Crippen LogP contribution in [0.5, 0.6) is 11.5 Å². The molecule has 152 valence electrons. The molecule has 2 aromatic carbocycles. The van der Waals surface area contributed by atoms with E-state index in [1.807, 2.05) is 24.3 Å². The molecule has 8 nitrogen and oxygen atoms in total. The molecule has 1 aliphatic heterocycles. The average Bonchev–Trinajstić information content (AvgIpc) is 3.19. The molecule has 2 heterocycles. The SMILES string of the molecule is COc1cccc(C2c3nsc(n3)NCCNS(=O)(=O)c3ccc(OC)c2c3)c1. The van der Waals surface area contributed by atoms with Crippen molar-refractivity contribution in [1.29, 1.82) is 0 Å². The summed E-state index contributed by atoms with van der Waals surface area (Å²) in [5.41, 5.74) is 1.53. The first-order chi connectivity index (χ1) is 14.0. The summed E-state index contributed by atoms with van der Waals surface area (Å²) in [6.45, 7) is 0.638. The van der Waals surface area contributed by atoms with Gasteiger partial charge >= 0.3 is 0 Å². The fraction of sp³-hybridized carbons (Fsp3) is 0.263. The van der Waals surface area contributed by atoms with E-state index in [4.69, 9.17) is 9.47 Å². The minimum Gasteiger partial charge on any atom is -0.497 e. The van der Waals surface area contributed by atoms with Gasteiger partial charge in [0.05, 0.1) is 25.0 Å². The summed E-state index contributed by atoms with van der Waals surface area (Å²) < 4.78 is 43.6. The van der Waals surface area contributed by atoms with Crippen molar-refractivity contribution in [3.8, 4) is 11.5 Å². The van der Waals surface area contributed by atoms with Gasteiger partial charge in [0.25, 0.3) is 0 Å². The first-order valence-corrected chi connectivity index (χ1v) is 11.2. The molecule has 1 aromatic heterocycles. The molecular formula is C19H20N4O4S2. The third-order valence-corrected chi connectivity index (χ3v) is 6.79. The number of nitrogens with one attached hydrogen (secondary N) is 2. The van der Waals surface area contributed by atoms with E-state index in [1.54, 1.807) is 26.4 Å². The van der Waals surface area contributed by atoms with Gasteiger partial charge in [-0.05, 0) is 35.9 Å². The van der Waals surface area contributed by atoms with Crippen LogP contribution in [0.25, 0.3) is 0 Å². The maximum atomic E-state index is 12.7. The number of ether oxygens (including phenoxy) is 2. The fourth-order valence-corrected chi connectivity index (χ4v) is 4.95. The topological polar surface area (TPSA) is 102 Å². The van der Waals surface area contributed by atoms with Crippen LogP contribution in [-0.2, 0) is 10.0 Å². The highest BCUT2D eigenvalue weighted by Gasteiger charge is 2.28. The normalized spacial score (nSPS) is 18.1. The number of hydrogen-bond acceptors (Lipinski definition) is 8. The van der Waals surface area contributed by atoms with Gasteiger partial charge in [0.2, 0.25) is 15.2 Å². The van der Waals surface area contributed by atoms with Gasteiger partial charge in [-0.2, -0.15) is 4.37 Å². The van der Waals surface area contributed by atoms with Gasteiger partial charge < -0.3 is 14.8 Å². The Morgan fingerprint density at radius 2 is 1.97 bits per heavy atom. The number of fused-ring (bicyclic) bond motifs is 4. The lowest BCUT2D eigenvalue weighted by molar-refractivity contribution is 0.407. The summed E-state index contributed by atoms with van der Waals surface area (Å²) in [6.07, 6.45) is 0. The first kappa shape index (κ1) is 19.6. The molecule has 0 saturated heterocycles. The van der Waals surface area contributed by atoms with Crippen molar-refractivity contribution < 1.29 is 17.9 Å². The molecule has 0 aliphatic carbocycles. The van der Waals surface area contributed by atoms with Crippen LogP contribution in [0.3, 0.4) is 0 Å². The van der Waals surface area contributed by atoms with Crippen LogP contribution >= 0.6 is 11.5 Å². The standard InChI is InChI=1S/C19H20N4O4S2/c1-26-13-5-3-4-12(10-13)17-15-11-14(6-7-16(15)27-2)29(24,25)21-9-8-20-19-22-18(17)23-28-19/h3-7,10-11,17,21H,8-9H2,1-2H3,(H,20,22,23). The second-order valence-corrected chi connectivity index (χ2v) is 8.91. The summed E-state index contributed by atoms with van der Waals surface area (Å²) in [6, 6.07) is 12.4. The van der Waals surface area contributed by atoms with Crippen molar-refractivity contribution in [2.24, 2.45) is 0 Å². The van der Waals surface area contributed by atoms with Crippen LogP contribution in [0.2, 0.25) is 0 Å². The lowest BCUT2D eigenvalue weighted by atomic mass is 9.89. The van der Waals surface area contributed by atoms with E-state index in [0.29, 0.717) is 34.6 Å². The van der Waals surface area contributed by atoms with Gasteiger partial charge in [-0.1, -0.05) is 12.1 Å². The molecular weight excluding hydrogens is 412 g/mol. The van der Waals surface area contributed by atoms with Crippen LogP contribution in [0.15, 0.2) is 47.4 Å². The molecule has 4 bridgehead atoms. The Balaban J connectivity index is 1.98. The largest absolute Gasteiger partial charge is 0.497 e. The third-order valence-electron chi connectivity index (χ3n) is 4.64. The molecule has 1 aliphatic rings. The Hall–Kier alpha value is -2.69. The number of aromatic nitrogens is 2. The average molecular weight is 433 g/mol.